The summed E-state index contributed by atoms with van der Waals surface area (Å²) >= 11 is 0. The third kappa shape index (κ3) is 3.04. The van der Waals surface area contributed by atoms with Crippen molar-refractivity contribution in [3.8, 4) is 0 Å². The van der Waals surface area contributed by atoms with Crippen LogP contribution in [-0.2, 0) is 0 Å². The van der Waals surface area contributed by atoms with Crippen LogP contribution in [0.3, 0.4) is 0 Å². The van der Waals surface area contributed by atoms with Gasteiger partial charge in [0.25, 0.3) is 0 Å². The van der Waals surface area contributed by atoms with Gasteiger partial charge in [0.2, 0.25) is 5.91 Å². The molecule has 1 atom stereocenters. The predicted octanol–water partition coefficient (Wildman–Crippen LogP) is 2.54. The number of carbonyl (C=O) groups excluding carboxylic acids is 1. The normalized spacial score (nSPS) is 11.8. The molecule has 0 aromatic heterocycles. The highest BCUT2D eigenvalue weighted by Gasteiger charge is 2.09. The van der Waals surface area contributed by atoms with E-state index >= 15 is 0 Å². The highest BCUT2D eigenvalue weighted by atomic mass is 16.1. The molecular formula is C15H17N3O. The van der Waals surface area contributed by atoms with Gasteiger partial charge in [0, 0.05) is 11.6 Å². The minimum Gasteiger partial charge on any atom is -0.397 e. The number of hydrogen-bond donors (Lipinski definition) is 3. The van der Waals surface area contributed by atoms with Crippen LogP contribution in [-0.4, -0.2) is 5.91 Å². The maximum Gasteiger partial charge on any atom is 0.248 e. The lowest BCUT2D eigenvalue weighted by Crippen LogP contribution is -2.13. The molecule has 0 heterocycles. The van der Waals surface area contributed by atoms with Crippen LogP contribution in [0.2, 0.25) is 0 Å². The molecule has 0 aliphatic heterocycles. The molecule has 1 unspecified atom stereocenters. The van der Waals surface area contributed by atoms with Crippen LogP contribution in [0.25, 0.3) is 0 Å². The summed E-state index contributed by atoms with van der Waals surface area (Å²) in [6.07, 6.45) is 0. The van der Waals surface area contributed by atoms with E-state index in [9.17, 15) is 4.79 Å². The second-order valence-corrected chi connectivity index (χ2v) is 4.44. The summed E-state index contributed by atoms with van der Waals surface area (Å²) in [4.78, 5) is 11.2. The van der Waals surface area contributed by atoms with E-state index in [0.29, 0.717) is 16.9 Å². The number of nitrogens with one attached hydrogen (secondary N) is 1. The number of nitrogen functional groups attached to an aromatic ring is 1. The maximum absolute atomic E-state index is 11.2. The topological polar surface area (TPSA) is 81.1 Å². The summed E-state index contributed by atoms with van der Waals surface area (Å²) in [5.41, 5.74) is 14.1. The van der Waals surface area contributed by atoms with E-state index in [1.54, 1.807) is 18.2 Å². The van der Waals surface area contributed by atoms with Crippen LogP contribution < -0.4 is 16.8 Å². The fraction of sp³-hybridized carbons (Fsp3) is 0.133. The van der Waals surface area contributed by atoms with Gasteiger partial charge < -0.3 is 16.8 Å². The Bertz CT molecular complexity index is 581. The molecule has 2 aromatic rings. The number of amides is 1. The van der Waals surface area contributed by atoms with Crippen molar-refractivity contribution >= 4 is 17.3 Å². The smallest absolute Gasteiger partial charge is 0.248 e. The van der Waals surface area contributed by atoms with Gasteiger partial charge in [-0.2, -0.15) is 0 Å². The molecule has 0 saturated heterocycles. The molecule has 0 radical (unpaired) electrons. The quantitative estimate of drug-likeness (QED) is 0.734. The zero-order chi connectivity index (χ0) is 13.8. The minimum absolute atomic E-state index is 0.0895. The van der Waals surface area contributed by atoms with Crippen molar-refractivity contribution in [1.29, 1.82) is 0 Å². The first-order valence-electron chi connectivity index (χ1n) is 6.08. The van der Waals surface area contributed by atoms with Gasteiger partial charge in [0.1, 0.15) is 0 Å². The van der Waals surface area contributed by atoms with Crippen molar-refractivity contribution in [3.63, 3.8) is 0 Å². The molecule has 5 N–H and O–H groups in total. The Morgan fingerprint density at radius 1 is 1.16 bits per heavy atom. The zero-order valence-electron chi connectivity index (χ0n) is 10.8. The van der Waals surface area contributed by atoms with E-state index in [2.05, 4.69) is 5.32 Å². The molecule has 2 aromatic carbocycles. The number of primary amides is 1. The molecule has 0 aliphatic rings. The van der Waals surface area contributed by atoms with E-state index in [0.717, 1.165) is 5.56 Å². The first-order chi connectivity index (χ1) is 9.08. The second kappa shape index (κ2) is 5.44. The fourth-order valence-electron chi connectivity index (χ4n) is 1.89. The molecule has 4 nitrogen and oxygen atoms in total. The lowest BCUT2D eigenvalue weighted by molar-refractivity contribution is 0.100. The Hall–Kier alpha value is -2.49. The van der Waals surface area contributed by atoms with Crippen molar-refractivity contribution in [2.75, 3.05) is 11.1 Å². The number of nitrogens with two attached hydrogens (primary N) is 2. The van der Waals surface area contributed by atoms with E-state index < -0.39 is 5.91 Å². The van der Waals surface area contributed by atoms with E-state index in [-0.39, 0.29) is 6.04 Å². The molecule has 0 bridgehead atoms. The van der Waals surface area contributed by atoms with Crippen LogP contribution in [0.4, 0.5) is 11.4 Å². The Kier molecular flexibility index (Phi) is 3.71. The third-order valence-electron chi connectivity index (χ3n) is 3.01. The molecule has 2 rings (SSSR count). The minimum atomic E-state index is -0.463. The first-order valence-corrected chi connectivity index (χ1v) is 6.08. The van der Waals surface area contributed by atoms with Crippen molar-refractivity contribution in [2.24, 2.45) is 5.73 Å². The monoisotopic (exact) mass is 255 g/mol. The highest BCUT2D eigenvalue weighted by molar-refractivity contribution is 5.94. The van der Waals surface area contributed by atoms with Gasteiger partial charge >= 0.3 is 0 Å². The number of anilines is 2. The van der Waals surface area contributed by atoms with Gasteiger partial charge in [0.05, 0.1) is 11.4 Å². The van der Waals surface area contributed by atoms with Crippen LogP contribution >= 0.6 is 0 Å². The van der Waals surface area contributed by atoms with E-state index in [1.165, 1.54) is 0 Å². The van der Waals surface area contributed by atoms with Crippen LogP contribution in [0.1, 0.15) is 28.9 Å². The zero-order valence-corrected chi connectivity index (χ0v) is 10.8. The Morgan fingerprint density at radius 3 is 2.47 bits per heavy atom. The molecule has 0 saturated carbocycles. The number of rotatable bonds is 4. The lowest BCUT2D eigenvalue weighted by atomic mass is 10.1. The van der Waals surface area contributed by atoms with Crippen molar-refractivity contribution < 1.29 is 4.79 Å². The molecule has 1 amide bonds. The van der Waals surface area contributed by atoms with Gasteiger partial charge in [-0.25, -0.2) is 0 Å². The number of benzene rings is 2. The number of hydrogen-bond acceptors (Lipinski definition) is 3. The van der Waals surface area contributed by atoms with Crippen molar-refractivity contribution in [2.45, 2.75) is 13.0 Å². The molecule has 0 aliphatic carbocycles. The second-order valence-electron chi connectivity index (χ2n) is 4.44. The molecule has 0 fully saturated rings. The average Bonchev–Trinajstić information content (AvgIpc) is 2.42. The fourth-order valence-corrected chi connectivity index (χ4v) is 1.89. The largest absolute Gasteiger partial charge is 0.397 e. The van der Waals surface area contributed by atoms with Crippen LogP contribution in [0.5, 0.6) is 0 Å². The molecular weight excluding hydrogens is 238 g/mol. The third-order valence-corrected chi connectivity index (χ3v) is 3.01. The summed E-state index contributed by atoms with van der Waals surface area (Å²) in [5, 5.41) is 3.29. The van der Waals surface area contributed by atoms with Gasteiger partial charge in [-0.1, -0.05) is 30.3 Å². The summed E-state index contributed by atoms with van der Waals surface area (Å²) < 4.78 is 0. The Morgan fingerprint density at radius 2 is 1.84 bits per heavy atom. The molecule has 19 heavy (non-hydrogen) atoms. The van der Waals surface area contributed by atoms with Crippen molar-refractivity contribution in [3.05, 3.63) is 59.7 Å². The Balaban J connectivity index is 2.23. The summed E-state index contributed by atoms with van der Waals surface area (Å²) in [6, 6.07) is 15.1. The average molecular weight is 255 g/mol. The van der Waals surface area contributed by atoms with Gasteiger partial charge in [-0.3, -0.25) is 4.79 Å². The van der Waals surface area contributed by atoms with Gasteiger partial charge in [-0.05, 0) is 30.7 Å². The molecule has 98 valence electrons. The van der Waals surface area contributed by atoms with Gasteiger partial charge in [0.15, 0.2) is 0 Å². The molecule has 4 heteroatoms. The van der Waals surface area contributed by atoms with E-state index in [4.69, 9.17) is 11.5 Å². The first kappa shape index (κ1) is 13.0. The highest BCUT2D eigenvalue weighted by Crippen LogP contribution is 2.25. The summed E-state index contributed by atoms with van der Waals surface area (Å²) in [7, 11) is 0. The predicted molar refractivity (Wildman–Crippen MR) is 77.9 cm³/mol. The van der Waals surface area contributed by atoms with Crippen molar-refractivity contribution in [1.82, 2.24) is 0 Å². The molecule has 0 spiro atoms. The number of carbonyl (C=O) groups is 1. The SMILES string of the molecule is CC(Nc1cc(C(N)=O)ccc1N)c1ccccc1. The lowest BCUT2D eigenvalue weighted by Gasteiger charge is -2.17. The van der Waals surface area contributed by atoms with Crippen LogP contribution in [0.15, 0.2) is 48.5 Å². The van der Waals surface area contributed by atoms with Crippen LogP contribution in [0, 0.1) is 0 Å². The standard InChI is InChI=1S/C15H17N3O/c1-10(11-5-3-2-4-6-11)18-14-9-12(15(17)19)7-8-13(14)16/h2-10,18H,16H2,1H3,(H2,17,19). The van der Waals surface area contributed by atoms with Gasteiger partial charge in [-0.15, -0.1) is 0 Å². The Labute approximate surface area is 112 Å². The summed E-state index contributed by atoms with van der Waals surface area (Å²) in [5.74, 6) is -0.463. The van der Waals surface area contributed by atoms with E-state index in [1.807, 2.05) is 37.3 Å². The maximum atomic E-state index is 11.2. The summed E-state index contributed by atoms with van der Waals surface area (Å²) in [6.45, 7) is 2.03.